The molecule has 0 aromatic heterocycles. The molecule has 0 aliphatic rings. The summed E-state index contributed by atoms with van der Waals surface area (Å²) in [5.74, 6) is -0.544. The molecule has 0 fully saturated rings. The van der Waals surface area contributed by atoms with Crippen LogP contribution in [0, 0.1) is 0 Å². The molecule has 0 radical (unpaired) electrons. The molecule has 0 heterocycles. The third-order valence-corrected chi connectivity index (χ3v) is 3.45. The highest BCUT2D eigenvalue weighted by atomic mass is 16.3. The molecular formula is C18H14N2O3. The van der Waals surface area contributed by atoms with Gasteiger partial charge >= 0.3 is 0 Å². The zero-order chi connectivity index (χ0) is 16.2. The lowest BCUT2D eigenvalue weighted by Gasteiger charge is -2.04. The monoisotopic (exact) mass is 306 g/mol. The van der Waals surface area contributed by atoms with Gasteiger partial charge in [-0.2, -0.15) is 5.10 Å². The molecule has 0 aliphatic carbocycles. The second kappa shape index (κ2) is 6.19. The van der Waals surface area contributed by atoms with Crippen LogP contribution in [0.2, 0.25) is 0 Å². The fourth-order valence-electron chi connectivity index (χ4n) is 2.26. The molecular weight excluding hydrogens is 292 g/mol. The van der Waals surface area contributed by atoms with Gasteiger partial charge in [0.2, 0.25) is 0 Å². The van der Waals surface area contributed by atoms with Crippen LogP contribution in [0.15, 0.2) is 65.8 Å². The summed E-state index contributed by atoms with van der Waals surface area (Å²) in [6.45, 7) is 0. The molecule has 23 heavy (non-hydrogen) atoms. The molecule has 0 spiro atoms. The number of aromatic hydroxyl groups is 2. The quantitative estimate of drug-likeness (QED) is 0.514. The molecule has 0 saturated carbocycles. The minimum Gasteiger partial charge on any atom is -0.507 e. The minimum atomic E-state index is -0.528. The van der Waals surface area contributed by atoms with Gasteiger partial charge in [-0.15, -0.1) is 0 Å². The third kappa shape index (κ3) is 2.98. The Bertz CT molecular complexity index is 904. The lowest BCUT2D eigenvalue weighted by molar-refractivity contribution is 0.0952. The van der Waals surface area contributed by atoms with Gasteiger partial charge in [0, 0.05) is 10.9 Å². The third-order valence-electron chi connectivity index (χ3n) is 3.45. The Hall–Kier alpha value is -3.34. The Morgan fingerprint density at radius 3 is 2.52 bits per heavy atom. The number of hydrogen-bond acceptors (Lipinski definition) is 4. The van der Waals surface area contributed by atoms with Crippen LogP contribution in [-0.4, -0.2) is 22.3 Å². The molecule has 0 atom stereocenters. The van der Waals surface area contributed by atoms with E-state index in [1.54, 1.807) is 18.2 Å². The average molecular weight is 306 g/mol. The number of rotatable bonds is 3. The van der Waals surface area contributed by atoms with E-state index in [4.69, 9.17) is 0 Å². The molecule has 3 N–H and O–H groups in total. The van der Waals surface area contributed by atoms with E-state index in [1.807, 2.05) is 30.3 Å². The van der Waals surface area contributed by atoms with Crippen molar-refractivity contribution in [2.24, 2.45) is 5.10 Å². The van der Waals surface area contributed by atoms with Crippen LogP contribution in [0.3, 0.4) is 0 Å². The number of hydrogen-bond donors (Lipinski definition) is 3. The van der Waals surface area contributed by atoms with Crippen molar-refractivity contribution < 1.29 is 15.0 Å². The van der Waals surface area contributed by atoms with Crippen LogP contribution in [-0.2, 0) is 0 Å². The maximum absolute atomic E-state index is 11.9. The van der Waals surface area contributed by atoms with Crippen molar-refractivity contribution in [3.8, 4) is 11.5 Å². The predicted octanol–water partition coefficient (Wildman–Crippen LogP) is 3.01. The van der Waals surface area contributed by atoms with E-state index in [-0.39, 0.29) is 17.1 Å². The summed E-state index contributed by atoms with van der Waals surface area (Å²) in [4.78, 5) is 11.9. The Kier molecular flexibility index (Phi) is 3.93. The van der Waals surface area contributed by atoms with Crippen LogP contribution in [0.5, 0.6) is 11.5 Å². The number of carbonyl (C=O) groups is 1. The van der Waals surface area contributed by atoms with Gasteiger partial charge < -0.3 is 10.2 Å². The Labute approximate surface area is 132 Å². The standard InChI is InChI=1S/C18H14N2O3/c21-16-8-4-3-7-15(16)18(23)20-19-11-13-10-9-12-5-1-2-6-14(12)17(13)22/h1-11,21-22H,(H,20,23)/b19-11-. The highest BCUT2D eigenvalue weighted by Crippen LogP contribution is 2.27. The van der Waals surface area contributed by atoms with Crippen molar-refractivity contribution in [3.63, 3.8) is 0 Å². The van der Waals surface area contributed by atoms with Crippen molar-refractivity contribution in [1.29, 1.82) is 0 Å². The number of fused-ring (bicyclic) bond motifs is 1. The van der Waals surface area contributed by atoms with E-state index in [0.29, 0.717) is 10.9 Å². The van der Waals surface area contributed by atoms with Crippen LogP contribution < -0.4 is 5.43 Å². The first kappa shape index (κ1) is 14.6. The molecule has 114 valence electrons. The number of phenolic OH excluding ortho intramolecular Hbond substituents is 2. The molecule has 5 heteroatoms. The highest BCUT2D eigenvalue weighted by molar-refractivity contribution is 5.99. The van der Waals surface area contributed by atoms with Gasteiger partial charge in [0.15, 0.2) is 0 Å². The van der Waals surface area contributed by atoms with Crippen molar-refractivity contribution in [3.05, 3.63) is 71.8 Å². The molecule has 3 aromatic rings. The summed E-state index contributed by atoms with van der Waals surface area (Å²) in [6, 6.07) is 17.2. The fraction of sp³-hybridized carbons (Fsp3) is 0. The minimum absolute atomic E-state index is 0.101. The second-order valence-corrected chi connectivity index (χ2v) is 4.94. The van der Waals surface area contributed by atoms with E-state index < -0.39 is 5.91 Å². The number of nitrogens with zero attached hydrogens (tertiary/aromatic N) is 1. The molecule has 0 aliphatic heterocycles. The molecule has 3 rings (SSSR count). The van der Waals surface area contributed by atoms with Crippen molar-refractivity contribution in [2.75, 3.05) is 0 Å². The maximum atomic E-state index is 11.9. The number of nitrogens with one attached hydrogen (secondary N) is 1. The van der Waals surface area contributed by atoms with E-state index in [1.165, 1.54) is 18.3 Å². The van der Waals surface area contributed by atoms with Crippen LogP contribution >= 0.6 is 0 Å². The maximum Gasteiger partial charge on any atom is 0.275 e. The van der Waals surface area contributed by atoms with E-state index in [0.717, 1.165) is 5.39 Å². The number of carbonyl (C=O) groups excluding carboxylic acids is 1. The number of phenols is 2. The second-order valence-electron chi connectivity index (χ2n) is 4.94. The molecule has 1 amide bonds. The van der Waals surface area contributed by atoms with Crippen molar-refractivity contribution in [1.82, 2.24) is 5.43 Å². The normalized spacial score (nSPS) is 11.0. The van der Waals surface area contributed by atoms with E-state index in [2.05, 4.69) is 10.5 Å². The number of para-hydroxylation sites is 1. The summed E-state index contributed by atoms with van der Waals surface area (Å²) in [5, 5.41) is 25.3. The highest BCUT2D eigenvalue weighted by Gasteiger charge is 2.09. The lowest BCUT2D eigenvalue weighted by atomic mass is 10.1. The summed E-state index contributed by atoms with van der Waals surface area (Å²) < 4.78 is 0. The van der Waals surface area contributed by atoms with Gasteiger partial charge in [-0.1, -0.05) is 42.5 Å². The van der Waals surface area contributed by atoms with Gasteiger partial charge in [-0.3, -0.25) is 4.79 Å². The SMILES string of the molecule is O=C(N/N=C\c1ccc2ccccc2c1O)c1ccccc1O. The summed E-state index contributed by atoms with van der Waals surface area (Å²) in [7, 11) is 0. The molecule has 3 aromatic carbocycles. The number of benzene rings is 3. The van der Waals surface area contributed by atoms with E-state index >= 15 is 0 Å². The zero-order valence-corrected chi connectivity index (χ0v) is 12.1. The summed E-state index contributed by atoms with van der Waals surface area (Å²) >= 11 is 0. The smallest absolute Gasteiger partial charge is 0.275 e. The molecule has 0 saturated heterocycles. The van der Waals surface area contributed by atoms with Crippen LogP contribution in [0.25, 0.3) is 10.8 Å². The first-order valence-corrected chi connectivity index (χ1v) is 6.99. The van der Waals surface area contributed by atoms with E-state index in [9.17, 15) is 15.0 Å². The summed E-state index contributed by atoms with van der Waals surface area (Å²) in [6.07, 6.45) is 1.36. The Morgan fingerprint density at radius 2 is 1.70 bits per heavy atom. The van der Waals surface area contributed by atoms with Gasteiger partial charge in [0.1, 0.15) is 11.5 Å². The van der Waals surface area contributed by atoms with Gasteiger partial charge in [0.05, 0.1) is 11.8 Å². The van der Waals surface area contributed by atoms with Crippen molar-refractivity contribution >= 4 is 22.9 Å². The predicted molar refractivity (Wildman–Crippen MR) is 88.8 cm³/mol. The number of amides is 1. The number of hydrazone groups is 1. The topological polar surface area (TPSA) is 81.9 Å². The average Bonchev–Trinajstić information content (AvgIpc) is 2.57. The largest absolute Gasteiger partial charge is 0.507 e. The molecule has 0 unspecified atom stereocenters. The first-order chi connectivity index (χ1) is 11.2. The van der Waals surface area contributed by atoms with Crippen LogP contribution in [0.1, 0.15) is 15.9 Å². The van der Waals surface area contributed by atoms with Gasteiger partial charge in [0.25, 0.3) is 5.91 Å². The van der Waals surface area contributed by atoms with Crippen molar-refractivity contribution in [2.45, 2.75) is 0 Å². The lowest BCUT2D eigenvalue weighted by Crippen LogP contribution is -2.17. The summed E-state index contributed by atoms with van der Waals surface area (Å²) in [5.41, 5.74) is 2.94. The molecule has 5 nitrogen and oxygen atoms in total. The van der Waals surface area contributed by atoms with Gasteiger partial charge in [-0.25, -0.2) is 5.43 Å². The fourth-order valence-corrected chi connectivity index (χ4v) is 2.26. The van der Waals surface area contributed by atoms with Crippen LogP contribution in [0.4, 0.5) is 0 Å². The molecule has 0 bridgehead atoms. The first-order valence-electron chi connectivity index (χ1n) is 6.99. The Balaban J connectivity index is 1.80. The van der Waals surface area contributed by atoms with Gasteiger partial charge in [-0.05, 0) is 23.6 Å². The Morgan fingerprint density at radius 1 is 0.957 bits per heavy atom. The zero-order valence-electron chi connectivity index (χ0n) is 12.1.